The molecule has 0 atom stereocenters. The smallest absolute Gasteiger partial charge is 0.0242 e. The van der Waals surface area contributed by atoms with Crippen LogP contribution in [-0.4, -0.2) is 5.33 Å². The summed E-state index contributed by atoms with van der Waals surface area (Å²) in [6.45, 7) is 2.12. The number of rotatable bonds is 2. The average Bonchev–Trinajstić information content (AvgIpc) is 2.04. The second kappa shape index (κ2) is 5.02. The minimum atomic E-state index is 0.943. The first-order valence-corrected chi connectivity index (χ1v) is 5.91. The van der Waals surface area contributed by atoms with Crippen molar-refractivity contribution in [1.82, 2.24) is 0 Å². The Morgan fingerprint density at radius 2 is 2.33 bits per heavy atom. The van der Waals surface area contributed by atoms with Crippen molar-refractivity contribution in [2.75, 3.05) is 5.33 Å². The van der Waals surface area contributed by atoms with E-state index in [4.69, 9.17) is 0 Å². The molecule has 0 heterocycles. The summed E-state index contributed by atoms with van der Waals surface area (Å²) in [5.41, 5.74) is 2.62. The van der Waals surface area contributed by atoms with E-state index in [9.17, 15) is 0 Å². The van der Waals surface area contributed by atoms with Crippen LogP contribution in [0, 0.1) is 3.57 Å². The summed E-state index contributed by atoms with van der Waals surface area (Å²) in [6.07, 6.45) is 2.19. The first-order valence-electron chi connectivity index (χ1n) is 3.71. The normalized spacial score (nSPS) is 11.8. The van der Waals surface area contributed by atoms with Crippen LogP contribution in [0.3, 0.4) is 0 Å². The van der Waals surface area contributed by atoms with Gasteiger partial charge in [-0.25, -0.2) is 0 Å². The van der Waals surface area contributed by atoms with Gasteiger partial charge in [0.25, 0.3) is 0 Å². The van der Waals surface area contributed by atoms with Crippen LogP contribution in [0.25, 0.3) is 6.08 Å². The third kappa shape index (κ3) is 3.27. The first-order chi connectivity index (χ1) is 5.72. The van der Waals surface area contributed by atoms with Gasteiger partial charge in [0.1, 0.15) is 0 Å². The van der Waals surface area contributed by atoms with Crippen molar-refractivity contribution in [2.24, 2.45) is 0 Å². The highest BCUT2D eigenvalue weighted by molar-refractivity contribution is 14.1. The van der Waals surface area contributed by atoms with Crippen LogP contribution in [0.15, 0.2) is 29.8 Å². The lowest BCUT2D eigenvalue weighted by molar-refractivity contribution is 1.45. The van der Waals surface area contributed by atoms with E-state index in [1.54, 1.807) is 0 Å². The summed E-state index contributed by atoms with van der Waals surface area (Å²) >= 11 is 5.74. The highest BCUT2D eigenvalue weighted by atomic mass is 127. The standard InChI is InChI=1S/C10H10BrI/c1-8(7-11)5-9-3-2-4-10(12)6-9/h2-6H,7H2,1H3/b8-5-. The topological polar surface area (TPSA) is 0 Å². The lowest BCUT2D eigenvalue weighted by Crippen LogP contribution is -1.78. The van der Waals surface area contributed by atoms with Crippen molar-refractivity contribution in [3.8, 4) is 0 Å². The molecule has 0 amide bonds. The lowest BCUT2D eigenvalue weighted by Gasteiger charge is -1.96. The van der Waals surface area contributed by atoms with Gasteiger partial charge in [-0.1, -0.05) is 39.7 Å². The molecule has 0 fully saturated rings. The fourth-order valence-electron chi connectivity index (χ4n) is 0.919. The number of hydrogen-bond acceptors (Lipinski definition) is 0. The van der Waals surface area contributed by atoms with Gasteiger partial charge in [0.05, 0.1) is 0 Å². The molecule has 2 heteroatoms. The zero-order valence-electron chi connectivity index (χ0n) is 6.85. The number of benzene rings is 1. The maximum absolute atomic E-state index is 3.42. The van der Waals surface area contributed by atoms with Crippen LogP contribution in [0.5, 0.6) is 0 Å². The summed E-state index contributed by atoms with van der Waals surface area (Å²) in [5, 5.41) is 0.943. The van der Waals surface area contributed by atoms with E-state index < -0.39 is 0 Å². The first kappa shape index (κ1) is 10.3. The molecular formula is C10H10BrI. The number of halogens is 2. The molecule has 0 saturated heterocycles. The monoisotopic (exact) mass is 336 g/mol. The third-order valence-corrected chi connectivity index (χ3v) is 3.03. The molecule has 0 aromatic heterocycles. The molecule has 0 aliphatic carbocycles. The molecule has 0 bridgehead atoms. The number of hydrogen-bond donors (Lipinski definition) is 0. The van der Waals surface area contributed by atoms with Crippen molar-refractivity contribution >= 4 is 44.6 Å². The molecule has 0 aliphatic rings. The molecule has 12 heavy (non-hydrogen) atoms. The fourth-order valence-corrected chi connectivity index (χ4v) is 1.65. The Balaban J connectivity index is 2.89. The van der Waals surface area contributed by atoms with Gasteiger partial charge in [0, 0.05) is 8.90 Å². The molecule has 1 rings (SSSR count). The molecular weight excluding hydrogens is 327 g/mol. The van der Waals surface area contributed by atoms with E-state index in [-0.39, 0.29) is 0 Å². The van der Waals surface area contributed by atoms with E-state index in [1.807, 2.05) is 0 Å². The zero-order chi connectivity index (χ0) is 8.97. The van der Waals surface area contributed by atoms with Crippen molar-refractivity contribution in [1.29, 1.82) is 0 Å². The Hall–Kier alpha value is 0.170. The maximum Gasteiger partial charge on any atom is 0.0242 e. The van der Waals surface area contributed by atoms with E-state index in [0.717, 1.165) is 5.33 Å². The minimum Gasteiger partial charge on any atom is -0.0880 e. The fraction of sp³-hybridized carbons (Fsp3) is 0.200. The Kier molecular flexibility index (Phi) is 4.29. The van der Waals surface area contributed by atoms with Gasteiger partial charge in [0.2, 0.25) is 0 Å². The summed E-state index contributed by atoms with van der Waals surface area (Å²) in [7, 11) is 0. The molecule has 0 nitrogen and oxygen atoms in total. The highest BCUT2D eigenvalue weighted by Crippen LogP contribution is 2.12. The van der Waals surface area contributed by atoms with E-state index in [0.29, 0.717) is 0 Å². The molecule has 0 N–H and O–H groups in total. The van der Waals surface area contributed by atoms with E-state index >= 15 is 0 Å². The van der Waals surface area contributed by atoms with Gasteiger partial charge in [-0.05, 0) is 47.2 Å². The van der Waals surface area contributed by atoms with Crippen molar-refractivity contribution in [3.63, 3.8) is 0 Å². The minimum absolute atomic E-state index is 0.943. The van der Waals surface area contributed by atoms with Crippen LogP contribution >= 0.6 is 38.5 Å². The van der Waals surface area contributed by atoms with Gasteiger partial charge >= 0.3 is 0 Å². The Bertz CT molecular complexity index is 292. The van der Waals surface area contributed by atoms with Crippen LogP contribution < -0.4 is 0 Å². The van der Waals surface area contributed by atoms with Gasteiger partial charge in [-0.3, -0.25) is 0 Å². The molecule has 0 aliphatic heterocycles. The van der Waals surface area contributed by atoms with Crippen LogP contribution in [-0.2, 0) is 0 Å². The maximum atomic E-state index is 3.42. The lowest BCUT2D eigenvalue weighted by atomic mass is 10.2. The van der Waals surface area contributed by atoms with Crippen LogP contribution in [0.1, 0.15) is 12.5 Å². The molecule has 64 valence electrons. The Morgan fingerprint density at radius 3 is 2.92 bits per heavy atom. The van der Waals surface area contributed by atoms with Crippen LogP contribution in [0.2, 0.25) is 0 Å². The van der Waals surface area contributed by atoms with Gasteiger partial charge in [0.15, 0.2) is 0 Å². The highest BCUT2D eigenvalue weighted by Gasteiger charge is 1.90. The summed E-state index contributed by atoms with van der Waals surface area (Å²) in [5.74, 6) is 0. The quantitative estimate of drug-likeness (QED) is 0.563. The predicted molar refractivity (Wildman–Crippen MR) is 66.6 cm³/mol. The van der Waals surface area contributed by atoms with Crippen molar-refractivity contribution in [3.05, 3.63) is 39.0 Å². The molecule has 0 spiro atoms. The SMILES string of the molecule is C/C(=C/c1cccc(I)c1)CBr. The van der Waals surface area contributed by atoms with Gasteiger partial charge < -0.3 is 0 Å². The Labute approximate surface area is 95.3 Å². The third-order valence-electron chi connectivity index (χ3n) is 1.47. The van der Waals surface area contributed by atoms with Gasteiger partial charge in [-0.15, -0.1) is 0 Å². The van der Waals surface area contributed by atoms with E-state index in [1.165, 1.54) is 14.7 Å². The summed E-state index contributed by atoms with van der Waals surface area (Å²) in [4.78, 5) is 0. The second-order valence-electron chi connectivity index (χ2n) is 2.68. The van der Waals surface area contributed by atoms with E-state index in [2.05, 4.69) is 75.8 Å². The summed E-state index contributed by atoms with van der Waals surface area (Å²) < 4.78 is 1.28. The number of alkyl halides is 1. The largest absolute Gasteiger partial charge is 0.0880 e. The second-order valence-corrected chi connectivity index (χ2v) is 4.49. The Morgan fingerprint density at radius 1 is 1.58 bits per heavy atom. The average molecular weight is 337 g/mol. The van der Waals surface area contributed by atoms with Crippen LogP contribution in [0.4, 0.5) is 0 Å². The molecule has 1 aromatic carbocycles. The number of allylic oxidation sites excluding steroid dienone is 1. The summed E-state index contributed by atoms with van der Waals surface area (Å²) in [6, 6.07) is 8.47. The molecule has 1 aromatic rings. The van der Waals surface area contributed by atoms with Gasteiger partial charge in [-0.2, -0.15) is 0 Å². The molecule has 0 radical (unpaired) electrons. The van der Waals surface area contributed by atoms with Crippen molar-refractivity contribution < 1.29 is 0 Å². The zero-order valence-corrected chi connectivity index (χ0v) is 10.6. The van der Waals surface area contributed by atoms with Crippen molar-refractivity contribution in [2.45, 2.75) is 6.92 Å². The molecule has 0 saturated carbocycles. The molecule has 0 unspecified atom stereocenters. The predicted octanol–water partition coefficient (Wildman–Crippen LogP) is 4.09.